The van der Waals surface area contributed by atoms with E-state index in [0.717, 1.165) is 11.3 Å². The highest BCUT2D eigenvalue weighted by Gasteiger charge is 2.02. The van der Waals surface area contributed by atoms with Gasteiger partial charge in [-0.05, 0) is 24.6 Å². The summed E-state index contributed by atoms with van der Waals surface area (Å²) in [4.78, 5) is 15.9. The van der Waals surface area contributed by atoms with Crippen molar-refractivity contribution in [3.63, 3.8) is 0 Å². The number of nitrogen functional groups attached to an aromatic ring is 1. The van der Waals surface area contributed by atoms with Gasteiger partial charge < -0.3 is 15.6 Å². The Morgan fingerprint density at radius 2 is 2.06 bits per heavy atom. The van der Waals surface area contributed by atoms with Gasteiger partial charge in [-0.25, -0.2) is 4.98 Å². The molecule has 1 aromatic heterocycles. The Morgan fingerprint density at radius 1 is 1.33 bits per heavy atom. The second-order valence-electron chi connectivity index (χ2n) is 3.96. The van der Waals surface area contributed by atoms with Crippen LogP contribution in [0.25, 0.3) is 0 Å². The highest BCUT2D eigenvalue weighted by atomic mass is 16.1. The topological polar surface area (TPSA) is 72.9 Å². The summed E-state index contributed by atoms with van der Waals surface area (Å²) in [5, 5.41) is 3.04. The lowest BCUT2D eigenvalue weighted by Gasteiger charge is -2.07. The molecule has 0 aliphatic carbocycles. The molecule has 1 aromatic carbocycles. The van der Waals surface area contributed by atoms with E-state index in [1.165, 1.54) is 0 Å². The SMILES string of the molecule is CCn1ccnc(NCc2ccc(N)cc2)c1=O. The van der Waals surface area contributed by atoms with Gasteiger partial charge in [0, 0.05) is 31.2 Å². The molecular formula is C13H16N4O. The smallest absolute Gasteiger partial charge is 0.293 e. The minimum Gasteiger partial charge on any atom is -0.399 e. The third kappa shape index (κ3) is 2.68. The summed E-state index contributed by atoms with van der Waals surface area (Å²) in [5.74, 6) is 0.371. The molecule has 0 saturated heterocycles. The molecule has 0 amide bonds. The number of nitrogens with one attached hydrogen (secondary N) is 1. The van der Waals surface area contributed by atoms with Gasteiger partial charge in [0.2, 0.25) is 0 Å². The summed E-state index contributed by atoms with van der Waals surface area (Å²) in [6, 6.07) is 7.51. The van der Waals surface area contributed by atoms with E-state index < -0.39 is 0 Å². The molecule has 3 N–H and O–H groups in total. The zero-order valence-corrected chi connectivity index (χ0v) is 10.3. The summed E-state index contributed by atoms with van der Waals surface area (Å²) in [5.41, 5.74) is 7.29. The Hall–Kier alpha value is -2.30. The number of rotatable bonds is 4. The summed E-state index contributed by atoms with van der Waals surface area (Å²) in [6.45, 7) is 3.11. The highest BCUT2D eigenvalue weighted by Crippen LogP contribution is 2.06. The van der Waals surface area contributed by atoms with Gasteiger partial charge in [0.15, 0.2) is 5.82 Å². The molecule has 0 bridgehead atoms. The van der Waals surface area contributed by atoms with E-state index in [9.17, 15) is 4.79 Å². The van der Waals surface area contributed by atoms with Crippen molar-refractivity contribution in [1.82, 2.24) is 9.55 Å². The van der Waals surface area contributed by atoms with Gasteiger partial charge in [-0.1, -0.05) is 12.1 Å². The zero-order chi connectivity index (χ0) is 13.0. The molecule has 2 rings (SSSR count). The number of nitrogens with two attached hydrogens (primary N) is 1. The molecule has 2 aromatic rings. The number of anilines is 2. The van der Waals surface area contributed by atoms with Crippen LogP contribution in [0.3, 0.4) is 0 Å². The second kappa shape index (κ2) is 5.35. The van der Waals surface area contributed by atoms with Crippen LogP contribution >= 0.6 is 0 Å². The zero-order valence-electron chi connectivity index (χ0n) is 10.3. The van der Waals surface area contributed by atoms with Gasteiger partial charge in [-0.15, -0.1) is 0 Å². The predicted octanol–water partition coefficient (Wildman–Crippen LogP) is 1.46. The molecule has 0 radical (unpaired) electrons. The van der Waals surface area contributed by atoms with Crippen molar-refractivity contribution in [1.29, 1.82) is 0 Å². The summed E-state index contributed by atoms with van der Waals surface area (Å²) >= 11 is 0. The Bertz CT molecular complexity index is 574. The van der Waals surface area contributed by atoms with Crippen LogP contribution in [0, 0.1) is 0 Å². The third-order valence-corrected chi connectivity index (χ3v) is 2.69. The summed E-state index contributed by atoms with van der Waals surface area (Å²) in [7, 11) is 0. The lowest BCUT2D eigenvalue weighted by atomic mass is 10.2. The molecule has 5 nitrogen and oxygen atoms in total. The largest absolute Gasteiger partial charge is 0.399 e. The van der Waals surface area contributed by atoms with Gasteiger partial charge in [-0.3, -0.25) is 4.79 Å². The molecule has 0 aliphatic heterocycles. The first-order chi connectivity index (χ1) is 8.70. The van der Waals surface area contributed by atoms with Crippen LogP contribution in [0.1, 0.15) is 12.5 Å². The number of aryl methyl sites for hydroxylation is 1. The van der Waals surface area contributed by atoms with Crippen molar-refractivity contribution in [3.8, 4) is 0 Å². The molecule has 0 spiro atoms. The quantitative estimate of drug-likeness (QED) is 0.798. The van der Waals surface area contributed by atoms with Crippen LogP contribution in [0.15, 0.2) is 41.5 Å². The first kappa shape index (κ1) is 12.2. The van der Waals surface area contributed by atoms with Crippen LogP contribution in [-0.4, -0.2) is 9.55 Å². The maximum Gasteiger partial charge on any atom is 0.293 e. The Kier molecular flexibility index (Phi) is 3.62. The maximum atomic E-state index is 11.9. The number of nitrogens with zero attached hydrogens (tertiary/aromatic N) is 2. The van der Waals surface area contributed by atoms with Gasteiger partial charge in [-0.2, -0.15) is 0 Å². The molecule has 5 heteroatoms. The van der Waals surface area contributed by atoms with Crippen molar-refractivity contribution >= 4 is 11.5 Å². The fraction of sp³-hybridized carbons (Fsp3) is 0.231. The molecule has 0 aliphatic rings. The number of hydrogen-bond acceptors (Lipinski definition) is 4. The Balaban J connectivity index is 2.11. The lowest BCUT2D eigenvalue weighted by Crippen LogP contribution is -2.23. The van der Waals surface area contributed by atoms with Crippen molar-refractivity contribution < 1.29 is 0 Å². The molecule has 0 saturated carbocycles. The van der Waals surface area contributed by atoms with E-state index >= 15 is 0 Å². The number of hydrogen-bond donors (Lipinski definition) is 2. The lowest BCUT2D eigenvalue weighted by molar-refractivity contribution is 0.718. The van der Waals surface area contributed by atoms with E-state index in [1.807, 2.05) is 31.2 Å². The maximum absolute atomic E-state index is 11.9. The van der Waals surface area contributed by atoms with Gasteiger partial charge in [0.25, 0.3) is 5.56 Å². The van der Waals surface area contributed by atoms with Crippen molar-refractivity contribution in [2.45, 2.75) is 20.0 Å². The third-order valence-electron chi connectivity index (χ3n) is 2.69. The Labute approximate surface area is 105 Å². The van der Waals surface area contributed by atoms with Crippen LogP contribution < -0.4 is 16.6 Å². The van der Waals surface area contributed by atoms with Crippen LogP contribution in [0.2, 0.25) is 0 Å². The van der Waals surface area contributed by atoms with Gasteiger partial charge in [0.05, 0.1) is 0 Å². The fourth-order valence-electron chi connectivity index (χ4n) is 1.64. The first-order valence-electron chi connectivity index (χ1n) is 5.84. The molecule has 0 unspecified atom stereocenters. The second-order valence-corrected chi connectivity index (χ2v) is 3.96. The minimum atomic E-state index is -0.101. The van der Waals surface area contributed by atoms with Gasteiger partial charge >= 0.3 is 0 Å². The summed E-state index contributed by atoms with van der Waals surface area (Å²) in [6.07, 6.45) is 3.30. The molecule has 18 heavy (non-hydrogen) atoms. The minimum absolute atomic E-state index is 0.101. The predicted molar refractivity (Wildman–Crippen MR) is 72.4 cm³/mol. The van der Waals surface area contributed by atoms with Crippen molar-refractivity contribution in [2.75, 3.05) is 11.1 Å². The van der Waals surface area contributed by atoms with E-state index in [0.29, 0.717) is 18.9 Å². The van der Waals surface area contributed by atoms with Crippen LogP contribution in [0.5, 0.6) is 0 Å². The number of benzene rings is 1. The molecule has 0 fully saturated rings. The van der Waals surface area contributed by atoms with Crippen molar-refractivity contribution in [3.05, 3.63) is 52.6 Å². The molecular weight excluding hydrogens is 228 g/mol. The van der Waals surface area contributed by atoms with E-state index in [4.69, 9.17) is 5.73 Å². The van der Waals surface area contributed by atoms with E-state index in [1.54, 1.807) is 17.0 Å². The fourth-order valence-corrected chi connectivity index (χ4v) is 1.64. The molecule has 1 heterocycles. The normalized spacial score (nSPS) is 10.3. The van der Waals surface area contributed by atoms with E-state index in [2.05, 4.69) is 10.3 Å². The standard InChI is InChI=1S/C13H16N4O/c1-2-17-8-7-15-12(13(17)18)16-9-10-3-5-11(14)6-4-10/h3-8H,2,9,14H2,1H3,(H,15,16). The van der Waals surface area contributed by atoms with Crippen LogP contribution in [-0.2, 0) is 13.1 Å². The Morgan fingerprint density at radius 3 is 2.72 bits per heavy atom. The first-order valence-corrected chi connectivity index (χ1v) is 5.84. The van der Waals surface area contributed by atoms with Crippen LogP contribution in [0.4, 0.5) is 11.5 Å². The number of aromatic nitrogens is 2. The highest BCUT2D eigenvalue weighted by molar-refractivity contribution is 5.40. The molecule has 0 atom stereocenters. The average molecular weight is 244 g/mol. The van der Waals surface area contributed by atoms with Gasteiger partial charge in [0.1, 0.15) is 0 Å². The summed E-state index contributed by atoms with van der Waals surface area (Å²) < 4.78 is 1.61. The average Bonchev–Trinajstić information content (AvgIpc) is 2.39. The van der Waals surface area contributed by atoms with Crippen molar-refractivity contribution in [2.24, 2.45) is 0 Å². The van der Waals surface area contributed by atoms with E-state index in [-0.39, 0.29) is 5.56 Å². The molecule has 94 valence electrons. The monoisotopic (exact) mass is 244 g/mol.